The van der Waals surface area contributed by atoms with Gasteiger partial charge in [0.05, 0.1) is 5.75 Å². The van der Waals surface area contributed by atoms with E-state index in [4.69, 9.17) is 0 Å². The summed E-state index contributed by atoms with van der Waals surface area (Å²) in [5.41, 5.74) is -0.233. The summed E-state index contributed by atoms with van der Waals surface area (Å²) in [6, 6.07) is 0. The number of nitrogens with zero attached hydrogens (tertiary/aromatic N) is 3. The monoisotopic (exact) mass is 302 g/mol. The van der Waals surface area contributed by atoms with Crippen LogP contribution in [0.3, 0.4) is 0 Å². The van der Waals surface area contributed by atoms with E-state index in [0.717, 1.165) is 4.31 Å². The summed E-state index contributed by atoms with van der Waals surface area (Å²) in [4.78, 5) is 16.0. The lowest BCUT2D eigenvalue weighted by molar-refractivity contribution is 0.509. The van der Waals surface area contributed by atoms with Crippen molar-refractivity contribution in [2.45, 2.75) is 20.4 Å². The lowest BCUT2D eigenvalue weighted by atomic mass is 10.2. The number of sulfonamides is 1. The van der Waals surface area contributed by atoms with Gasteiger partial charge in [-0.05, 0) is 5.92 Å². The molecule has 20 heavy (non-hydrogen) atoms. The normalized spacial score (nSPS) is 12.1. The molecule has 0 bridgehead atoms. The molecule has 0 radical (unpaired) electrons. The van der Waals surface area contributed by atoms with E-state index in [0.29, 0.717) is 12.5 Å². The van der Waals surface area contributed by atoms with Crippen LogP contribution in [0.15, 0.2) is 17.2 Å². The largest absolute Gasteiger partial charge is 0.364 e. The van der Waals surface area contributed by atoms with Crippen molar-refractivity contribution in [1.82, 2.24) is 13.9 Å². The zero-order valence-corrected chi connectivity index (χ0v) is 13.1. The van der Waals surface area contributed by atoms with E-state index in [9.17, 15) is 13.2 Å². The second kappa shape index (κ2) is 6.85. The van der Waals surface area contributed by atoms with Gasteiger partial charge in [-0.3, -0.25) is 4.79 Å². The molecule has 0 aliphatic rings. The fourth-order valence-electron chi connectivity index (χ4n) is 1.59. The Morgan fingerprint density at radius 3 is 2.60 bits per heavy atom. The summed E-state index contributed by atoms with van der Waals surface area (Å²) in [5.74, 6) is 0.444. The maximum absolute atomic E-state index is 12.1. The number of aromatic nitrogens is 2. The second-order valence-electron chi connectivity index (χ2n) is 5.15. The van der Waals surface area contributed by atoms with Gasteiger partial charge in [0.25, 0.3) is 5.56 Å². The molecule has 0 spiro atoms. The van der Waals surface area contributed by atoms with Gasteiger partial charge in [-0.2, -0.15) is 0 Å². The van der Waals surface area contributed by atoms with E-state index in [1.165, 1.54) is 20.3 Å². The standard InChI is InChI=1S/C12H22N4O3S/c1-10(2)9-16-7-5-13-11(12(16)17)14-6-8-20(18,19)15(3)4/h5,7,10H,6,8-9H2,1-4H3,(H,13,14). The van der Waals surface area contributed by atoms with Crippen LogP contribution in [-0.2, 0) is 16.6 Å². The molecule has 1 heterocycles. The highest BCUT2D eigenvalue weighted by molar-refractivity contribution is 7.89. The zero-order chi connectivity index (χ0) is 15.3. The van der Waals surface area contributed by atoms with Crippen LogP contribution < -0.4 is 10.9 Å². The number of hydrogen-bond donors (Lipinski definition) is 1. The van der Waals surface area contributed by atoms with Gasteiger partial charge >= 0.3 is 0 Å². The molecule has 0 atom stereocenters. The van der Waals surface area contributed by atoms with Gasteiger partial charge in [0.1, 0.15) is 0 Å². The average Bonchev–Trinajstić information content (AvgIpc) is 2.33. The van der Waals surface area contributed by atoms with Crippen LogP contribution in [0.1, 0.15) is 13.8 Å². The van der Waals surface area contributed by atoms with Crippen LogP contribution in [0, 0.1) is 5.92 Å². The number of rotatable bonds is 7. The minimum Gasteiger partial charge on any atom is -0.364 e. The molecular formula is C12H22N4O3S. The minimum absolute atomic E-state index is 0.0831. The fraction of sp³-hybridized carbons (Fsp3) is 0.667. The molecule has 7 nitrogen and oxygen atoms in total. The smallest absolute Gasteiger partial charge is 0.293 e. The molecular weight excluding hydrogens is 280 g/mol. The molecule has 1 N–H and O–H groups in total. The zero-order valence-electron chi connectivity index (χ0n) is 12.3. The van der Waals surface area contributed by atoms with Crippen LogP contribution in [0.5, 0.6) is 0 Å². The maximum Gasteiger partial charge on any atom is 0.293 e. The van der Waals surface area contributed by atoms with Gasteiger partial charge in [0.15, 0.2) is 5.82 Å². The third kappa shape index (κ3) is 4.61. The molecule has 0 amide bonds. The average molecular weight is 302 g/mol. The first-order chi connectivity index (χ1) is 9.24. The van der Waals surface area contributed by atoms with Crippen molar-refractivity contribution in [3.8, 4) is 0 Å². The Morgan fingerprint density at radius 2 is 2.05 bits per heavy atom. The van der Waals surface area contributed by atoms with Gasteiger partial charge in [-0.25, -0.2) is 17.7 Å². The molecule has 1 aromatic rings. The van der Waals surface area contributed by atoms with Crippen molar-refractivity contribution in [1.29, 1.82) is 0 Å². The van der Waals surface area contributed by atoms with Gasteiger partial charge in [0, 0.05) is 39.6 Å². The van der Waals surface area contributed by atoms with Crippen molar-refractivity contribution < 1.29 is 8.42 Å². The Labute approximate surface area is 119 Å². The Kier molecular flexibility index (Phi) is 5.70. The van der Waals surface area contributed by atoms with Gasteiger partial charge in [-0.15, -0.1) is 0 Å². The molecule has 1 aromatic heterocycles. The second-order valence-corrected chi connectivity index (χ2v) is 7.45. The Bertz CT molecular complexity index is 593. The molecule has 0 aliphatic heterocycles. The topological polar surface area (TPSA) is 84.3 Å². The third-order valence-corrected chi connectivity index (χ3v) is 4.52. The fourth-order valence-corrected chi connectivity index (χ4v) is 2.31. The van der Waals surface area contributed by atoms with Crippen LogP contribution in [-0.4, -0.2) is 48.7 Å². The molecule has 114 valence electrons. The summed E-state index contributed by atoms with van der Waals surface area (Å²) in [6.07, 6.45) is 3.16. The van der Waals surface area contributed by atoms with Crippen molar-refractivity contribution >= 4 is 15.8 Å². The number of nitrogens with one attached hydrogen (secondary N) is 1. The number of anilines is 1. The Morgan fingerprint density at radius 1 is 1.40 bits per heavy atom. The first-order valence-corrected chi connectivity index (χ1v) is 8.04. The SMILES string of the molecule is CC(C)Cn1ccnc(NCCS(=O)(=O)N(C)C)c1=O. The van der Waals surface area contributed by atoms with E-state index in [1.807, 2.05) is 13.8 Å². The molecule has 8 heteroatoms. The molecule has 0 saturated heterocycles. The molecule has 1 rings (SSSR count). The lowest BCUT2D eigenvalue weighted by Gasteiger charge is -2.13. The number of hydrogen-bond acceptors (Lipinski definition) is 5. The van der Waals surface area contributed by atoms with Crippen LogP contribution in [0.25, 0.3) is 0 Å². The maximum atomic E-state index is 12.1. The predicted molar refractivity (Wildman–Crippen MR) is 79.3 cm³/mol. The van der Waals surface area contributed by atoms with Gasteiger partial charge in [-0.1, -0.05) is 13.8 Å². The molecule has 0 aliphatic carbocycles. The van der Waals surface area contributed by atoms with Crippen molar-refractivity contribution in [2.24, 2.45) is 5.92 Å². The summed E-state index contributed by atoms with van der Waals surface area (Å²) < 4.78 is 25.9. The summed E-state index contributed by atoms with van der Waals surface area (Å²) in [7, 11) is -0.320. The highest BCUT2D eigenvalue weighted by Gasteiger charge is 2.13. The van der Waals surface area contributed by atoms with E-state index in [1.54, 1.807) is 10.8 Å². The Hall–Kier alpha value is -1.41. The van der Waals surface area contributed by atoms with E-state index in [2.05, 4.69) is 10.3 Å². The summed E-state index contributed by atoms with van der Waals surface area (Å²) in [5, 5.41) is 2.79. The predicted octanol–water partition coefficient (Wildman–Crippen LogP) is 0.203. The van der Waals surface area contributed by atoms with Crippen LogP contribution >= 0.6 is 0 Å². The third-order valence-electron chi connectivity index (χ3n) is 2.68. The molecule has 0 unspecified atom stereocenters. The van der Waals surface area contributed by atoms with Gasteiger partial charge in [0.2, 0.25) is 10.0 Å². The molecule has 0 fully saturated rings. The van der Waals surface area contributed by atoms with E-state index >= 15 is 0 Å². The summed E-state index contributed by atoms with van der Waals surface area (Å²) >= 11 is 0. The molecule has 0 saturated carbocycles. The quantitative estimate of drug-likeness (QED) is 0.778. The van der Waals surface area contributed by atoms with Crippen molar-refractivity contribution in [3.63, 3.8) is 0 Å². The highest BCUT2D eigenvalue weighted by atomic mass is 32.2. The first-order valence-electron chi connectivity index (χ1n) is 6.43. The van der Waals surface area contributed by atoms with Crippen LogP contribution in [0.2, 0.25) is 0 Å². The van der Waals surface area contributed by atoms with Gasteiger partial charge < -0.3 is 9.88 Å². The minimum atomic E-state index is -3.28. The Balaban J connectivity index is 2.73. The summed E-state index contributed by atoms with van der Waals surface area (Å²) in [6.45, 7) is 4.79. The molecule has 0 aromatic carbocycles. The van der Waals surface area contributed by atoms with E-state index < -0.39 is 10.0 Å². The first kappa shape index (κ1) is 16.6. The van der Waals surface area contributed by atoms with Crippen LogP contribution in [0.4, 0.5) is 5.82 Å². The van der Waals surface area contributed by atoms with Crippen molar-refractivity contribution in [2.75, 3.05) is 31.7 Å². The van der Waals surface area contributed by atoms with E-state index in [-0.39, 0.29) is 23.7 Å². The lowest BCUT2D eigenvalue weighted by Crippen LogP contribution is -2.31. The van der Waals surface area contributed by atoms with Crippen molar-refractivity contribution in [3.05, 3.63) is 22.7 Å². The highest BCUT2D eigenvalue weighted by Crippen LogP contribution is 1.99.